The number of hydrogen-bond donors (Lipinski definition) is 0. The Morgan fingerprint density at radius 2 is 0.463 bits per heavy atom. The first-order chi connectivity index (χ1) is 57.9. The van der Waals surface area contributed by atoms with Crippen LogP contribution in [0, 0.1) is 27.7 Å². The molecule has 2 radical (unpaired) electrons. The Bertz CT molecular complexity index is 5110. The van der Waals surface area contributed by atoms with Crippen LogP contribution in [-0.4, -0.2) is 50.9 Å². The molecule has 4 unspecified atom stereocenters. The molecule has 13 heteroatoms. The summed E-state index contributed by atoms with van der Waals surface area (Å²) in [7, 11) is 0.274. The zero-order valence-electron chi connectivity index (χ0n) is 79.7. The van der Waals surface area contributed by atoms with Gasteiger partial charge in [-0.2, -0.15) is 87.5 Å². The van der Waals surface area contributed by atoms with E-state index in [0.717, 1.165) is 23.0 Å². The van der Waals surface area contributed by atoms with Gasteiger partial charge in [0.25, 0.3) is 0 Å². The molecule has 652 valence electrons. The number of rotatable bonds is 16. The Balaban J connectivity index is 0.000000194. The summed E-state index contributed by atoms with van der Waals surface area (Å²) in [6.45, 7) is 61.4. The molecule has 0 aromatic heterocycles. The van der Waals surface area contributed by atoms with E-state index in [2.05, 4.69) is 346 Å². The van der Waals surface area contributed by atoms with Gasteiger partial charge in [0.2, 0.25) is 33.3 Å². The Morgan fingerprint density at radius 3 is 0.650 bits per heavy atom. The zero-order chi connectivity index (χ0) is 88.6. The van der Waals surface area contributed by atoms with Gasteiger partial charge in [0.15, 0.2) is 0 Å². The topological polar surface area (TPSA) is 36.9 Å². The Kier molecular flexibility index (Phi) is 27.8. The van der Waals surface area contributed by atoms with Crippen molar-refractivity contribution >= 4 is 132 Å². The molecule has 0 saturated heterocycles. The van der Waals surface area contributed by atoms with Crippen molar-refractivity contribution in [2.24, 2.45) is 0 Å². The number of benzene rings is 8. The van der Waals surface area contributed by atoms with E-state index in [1.165, 1.54) is 190 Å². The molecular formula is C110H142Cl2O4Si6Zr-4. The molecule has 4 atom stereocenters. The standard InChI is InChI=1S/2C55H71O2Si3.2ClH.Zr/c2*1-36-30-50-46(42-24-22-40-34-44(28-26-38(40)32-42)56-59(10,11)54(3,4)5)18-14-16-20-48(50)52(36)58(9)53-37(2)31-51-47(19-15-17-21-49(51)53)43-25-23-41-35-45(29-27-39(41)33-43)57-60(12,13)55(6,7)8;;;/h2*22-35,46-47H,14-21H2,1-13H3;2*1H;/q2*-2;;;+2/p-2. The molecule has 0 amide bonds. The molecule has 12 aromatic rings. The summed E-state index contributed by atoms with van der Waals surface area (Å²) in [5.74, 6) is 5.84. The predicted octanol–water partition coefficient (Wildman–Crippen LogP) is 30.9. The average molecular weight is 1860 g/mol. The van der Waals surface area contributed by atoms with Crippen LogP contribution in [0.2, 0.25) is 85.6 Å². The minimum absolute atomic E-state index is 0.173. The Labute approximate surface area is 768 Å². The van der Waals surface area contributed by atoms with E-state index in [0.29, 0.717) is 23.7 Å². The first-order valence-electron chi connectivity index (χ1n) is 46.6. The monoisotopic (exact) mass is 1850 g/mol. The Hall–Kier alpha value is -5.84. The summed E-state index contributed by atoms with van der Waals surface area (Å²) < 4.78 is 26.8. The second-order valence-electron chi connectivity index (χ2n) is 43.6. The normalized spacial score (nSPS) is 17.7. The van der Waals surface area contributed by atoms with E-state index in [1.807, 2.05) is 0 Å². The molecular weight excluding hydrogens is 1720 g/mol. The van der Waals surface area contributed by atoms with Crippen molar-refractivity contribution in [2.45, 2.75) is 323 Å². The second kappa shape index (κ2) is 36.6. The van der Waals surface area contributed by atoms with Crippen molar-refractivity contribution in [3.05, 3.63) is 259 Å². The minimum atomic E-state index is -1.90. The molecule has 0 spiro atoms. The van der Waals surface area contributed by atoms with Crippen LogP contribution in [0.4, 0.5) is 0 Å². The van der Waals surface area contributed by atoms with Gasteiger partial charge in [0.05, 0.1) is 0 Å². The van der Waals surface area contributed by atoms with Crippen molar-refractivity contribution in [1.29, 1.82) is 0 Å². The van der Waals surface area contributed by atoms with E-state index in [1.54, 1.807) is 65.3 Å². The average Bonchev–Trinajstić information content (AvgIpc) is 1.61. The summed E-state index contributed by atoms with van der Waals surface area (Å²) >= 11 is -0.826. The molecule has 0 heterocycles. The van der Waals surface area contributed by atoms with Crippen LogP contribution in [0.15, 0.2) is 170 Å². The molecule has 0 aliphatic heterocycles. The first kappa shape index (κ1) is 93.3. The summed E-state index contributed by atoms with van der Waals surface area (Å²) in [6.07, 6.45) is 20.0. The molecule has 4 aliphatic rings. The molecule has 12 aromatic carbocycles. The molecule has 0 fully saturated rings. The van der Waals surface area contributed by atoms with Crippen LogP contribution in [0.25, 0.3) is 43.1 Å². The van der Waals surface area contributed by atoms with Crippen molar-refractivity contribution in [3.63, 3.8) is 0 Å². The van der Waals surface area contributed by atoms with Crippen molar-refractivity contribution in [2.75, 3.05) is 0 Å². The van der Waals surface area contributed by atoms with Crippen LogP contribution >= 0.6 is 17.0 Å². The van der Waals surface area contributed by atoms with Gasteiger partial charge in [-0.15, -0.1) is 0 Å². The third-order valence-corrected chi connectivity index (χ3v) is 54.2. The fourth-order valence-electron chi connectivity index (χ4n) is 20.2. The fourth-order valence-corrected chi connectivity index (χ4v) is 30.4. The maximum atomic E-state index is 6.71. The number of fused-ring (bicyclic) bond motifs is 8. The van der Waals surface area contributed by atoms with E-state index < -0.39 is 71.7 Å². The third-order valence-electron chi connectivity index (χ3n) is 31.0. The van der Waals surface area contributed by atoms with Gasteiger partial charge in [0, 0.05) is 0 Å². The second-order valence-corrected chi connectivity index (χ2v) is 70.7. The van der Waals surface area contributed by atoms with E-state index >= 15 is 0 Å². The fraction of sp³-hybridized carbons (Fsp3) is 0.455. The Morgan fingerprint density at radius 1 is 0.285 bits per heavy atom. The quantitative estimate of drug-likeness (QED) is 0.0549. The maximum absolute atomic E-state index is 6.71. The predicted molar refractivity (Wildman–Crippen MR) is 545 cm³/mol. The van der Waals surface area contributed by atoms with E-state index in [-0.39, 0.29) is 20.2 Å². The van der Waals surface area contributed by atoms with Crippen LogP contribution in [-0.2, 0) is 46.5 Å². The SMILES string of the molecule is Cc1cc2c([c-]1[Si](C)[c-]1c(C)cc3c1CCCCC3c1ccc3cc(O[Si](C)(C)C(C)(C)C)ccc3c1)CCCCC2c1ccc2cc(O[Si](C)(C)C(C)(C)C)ccc2c1.Cc1cc2c([c-]1[Si](C)[c-]1c(C)cc3c1CCCCC3c1ccc3cc(O[Si](C)(C)C(C)(C)C)ccc3c1)CCCCC2c1ccc2cc(O[Si](C)(C)C(C)(C)C)ccc2c1.[Cl][Zr][Cl]. The van der Waals surface area contributed by atoms with Crippen LogP contribution in [0.3, 0.4) is 0 Å². The number of halogens is 2. The van der Waals surface area contributed by atoms with Gasteiger partial charge >= 0.3 is 37.9 Å². The molecule has 0 N–H and O–H groups in total. The van der Waals surface area contributed by atoms with E-state index in [9.17, 15) is 0 Å². The van der Waals surface area contributed by atoms with Gasteiger partial charge in [-0.3, -0.25) is 0 Å². The summed E-state index contributed by atoms with van der Waals surface area (Å²) in [4.78, 5) is 0. The number of hydrogen-bond acceptors (Lipinski definition) is 4. The van der Waals surface area contributed by atoms with Crippen molar-refractivity contribution in [3.8, 4) is 23.0 Å². The third kappa shape index (κ3) is 19.6. The van der Waals surface area contributed by atoms with Crippen molar-refractivity contribution in [1.82, 2.24) is 0 Å². The zero-order valence-corrected chi connectivity index (χ0v) is 89.6. The van der Waals surface area contributed by atoms with E-state index in [4.69, 9.17) is 34.7 Å². The summed E-state index contributed by atoms with van der Waals surface area (Å²) in [5, 5.41) is 17.9. The van der Waals surface area contributed by atoms with Gasteiger partial charge in [-0.25, -0.2) is 24.3 Å². The first-order valence-corrected chi connectivity index (χ1v) is 68.5. The van der Waals surface area contributed by atoms with Crippen LogP contribution in [0.5, 0.6) is 23.0 Å². The summed E-state index contributed by atoms with van der Waals surface area (Å²) in [5.41, 5.74) is 25.2. The molecule has 16 rings (SSSR count). The van der Waals surface area contributed by atoms with Gasteiger partial charge in [0.1, 0.15) is 23.0 Å². The molecule has 4 nitrogen and oxygen atoms in total. The van der Waals surface area contributed by atoms with Gasteiger partial charge in [-0.05, 0) is 205 Å². The van der Waals surface area contributed by atoms with Crippen LogP contribution < -0.4 is 38.5 Å². The van der Waals surface area contributed by atoms with Crippen molar-refractivity contribution < 1.29 is 38.6 Å². The molecule has 0 bridgehead atoms. The molecule has 0 saturated carbocycles. The number of aryl methyl sites for hydroxylation is 4. The van der Waals surface area contributed by atoms with Gasteiger partial charge < -0.3 is 17.7 Å². The van der Waals surface area contributed by atoms with Gasteiger partial charge in [-0.1, -0.05) is 346 Å². The van der Waals surface area contributed by atoms with Crippen LogP contribution in [0.1, 0.15) is 273 Å². The molecule has 4 aliphatic carbocycles. The summed E-state index contributed by atoms with van der Waals surface area (Å²) in [6, 6.07) is 66.6. The molecule has 123 heavy (non-hydrogen) atoms.